The lowest BCUT2D eigenvalue weighted by Gasteiger charge is -2.56. The minimum atomic E-state index is -2.73. The molecule has 0 aliphatic heterocycles. The van der Waals surface area contributed by atoms with Crippen LogP contribution in [-0.4, -0.2) is 27.0 Å². The van der Waals surface area contributed by atoms with Crippen molar-refractivity contribution in [1.29, 1.82) is 0 Å². The molecular weight excluding hydrogens is 410 g/mol. The molecule has 2 heterocycles. The molecule has 4 aliphatic rings. The molecule has 0 atom stereocenters. The normalized spacial score (nSPS) is 28.5. The van der Waals surface area contributed by atoms with Gasteiger partial charge < -0.3 is 5.32 Å². The van der Waals surface area contributed by atoms with E-state index < -0.39 is 6.43 Å². The molecule has 7 heteroatoms. The zero-order valence-corrected chi connectivity index (χ0v) is 17.8. The topological polar surface area (TPSA) is 59.3 Å². The molecule has 0 radical (unpaired) electrons. The largest absolute Gasteiger partial charge is 0.351 e. The number of carbonyl (C=O) groups is 1. The second-order valence-electron chi connectivity index (χ2n) is 10.1. The minimum absolute atomic E-state index is 0.171. The van der Waals surface area contributed by atoms with Crippen molar-refractivity contribution in [3.05, 3.63) is 53.9 Å². The van der Waals surface area contributed by atoms with E-state index in [0.717, 1.165) is 27.8 Å². The maximum absolute atomic E-state index is 13.8. The quantitative estimate of drug-likeness (QED) is 0.592. The fraction of sp³-hybridized carbons (Fsp3) is 0.480. The number of hydrogen-bond donors (Lipinski definition) is 1. The van der Waals surface area contributed by atoms with Crippen LogP contribution in [0.5, 0.6) is 0 Å². The number of fused-ring (bicyclic) bond motifs is 1. The summed E-state index contributed by atoms with van der Waals surface area (Å²) in [5, 5.41) is 7.21. The van der Waals surface area contributed by atoms with Crippen molar-refractivity contribution in [3.63, 3.8) is 0 Å². The summed E-state index contributed by atoms with van der Waals surface area (Å²) in [6.07, 6.45) is 6.26. The van der Waals surface area contributed by atoms with Gasteiger partial charge in [0.2, 0.25) is 0 Å². The first-order valence-corrected chi connectivity index (χ1v) is 11.5. The summed E-state index contributed by atoms with van der Waals surface area (Å²) in [7, 11) is 0. The summed E-state index contributed by atoms with van der Waals surface area (Å²) in [6.45, 7) is 0.646. The van der Waals surface area contributed by atoms with Gasteiger partial charge in [0, 0.05) is 12.1 Å². The van der Waals surface area contributed by atoms with Crippen LogP contribution in [0.4, 0.5) is 8.78 Å². The van der Waals surface area contributed by atoms with Crippen molar-refractivity contribution in [2.45, 2.75) is 45.0 Å². The predicted molar refractivity (Wildman–Crippen MR) is 116 cm³/mol. The number of alkyl halides is 2. The molecule has 4 bridgehead atoms. The highest BCUT2D eigenvalue weighted by Gasteiger charge is 2.50. The molecule has 4 fully saturated rings. The van der Waals surface area contributed by atoms with Gasteiger partial charge in [0.05, 0.1) is 11.9 Å². The second kappa shape index (κ2) is 7.36. The fourth-order valence-electron chi connectivity index (χ4n) is 6.93. The molecule has 0 unspecified atom stereocenters. The molecule has 1 aromatic carbocycles. The first kappa shape index (κ1) is 19.8. The number of carbonyl (C=O) groups excluding carboxylic acids is 1. The average molecular weight is 437 g/mol. The number of benzene rings is 1. The monoisotopic (exact) mass is 436 g/mol. The van der Waals surface area contributed by atoms with E-state index in [9.17, 15) is 13.6 Å². The standard InChI is InChI=1S/C25H26F2N4O/c26-22(27)21-9-20(18-4-2-1-3-5-18)30-23-19(13-29-31(21)23)24(32)28-14-25-10-15-6-16(11-25)8-17(7-15)12-25/h1-5,9,13,15-17,22H,6-8,10-12,14H2,(H,28,32). The van der Waals surface area contributed by atoms with E-state index in [1.54, 1.807) is 0 Å². The van der Waals surface area contributed by atoms with Gasteiger partial charge in [0.15, 0.2) is 5.65 Å². The van der Waals surface area contributed by atoms with Crippen molar-refractivity contribution >= 4 is 11.6 Å². The predicted octanol–water partition coefficient (Wildman–Crippen LogP) is 5.28. The van der Waals surface area contributed by atoms with Crippen LogP contribution in [0.2, 0.25) is 0 Å². The lowest BCUT2D eigenvalue weighted by atomic mass is 9.49. The van der Waals surface area contributed by atoms with Crippen LogP contribution in [0.15, 0.2) is 42.6 Å². The Balaban J connectivity index is 1.30. The molecule has 32 heavy (non-hydrogen) atoms. The number of amides is 1. The van der Waals surface area contributed by atoms with Crippen LogP contribution in [-0.2, 0) is 0 Å². The van der Waals surface area contributed by atoms with E-state index in [2.05, 4.69) is 15.4 Å². The van der Waals surface area contributed by atoms with E-state index in [4.69, 9.17) is 0 Å². The van der Waals surface area contributed by atoms with E-state index in [-0.39, 0.29) is 28.2 Å². The van der Waals surface area contributed by atoms with Gasteiger partial charge in [-0.2, -0.15) is 5.10 Å². The molecule has 4 saturated carbocycles. The van der Waals surface area contributed by atoms with Crippen molar-refractivity contribution in [2.75, 3.05) is 6.54 Å². The minimum Gasteiger partial charge on any atom is -0.351 e. The van der Waals surface area contributed by atoms with Crippen LogP contribution in [0.1, 0.15) is 61.0 Å². The fourth-order valence-corrected chi connectivity index (χ4v) is 6.93. The average Bonchev–Trinajstić information content (AvgIpc) is 3.20. The Morgan fingerprint density at radius 1 is 1.09 bits per heavy atom. The highest BCUT2D eigenvalue weighted by atomic mass is 19.3. The van der Waals surface area contributed by atoms with Gasteiger partial charge in [-0.05, 0) is 67.8 Å². The Morgan fingerprint density at radius 2 is 1.75 bits per heavy atom. The molecule has 0 saturated heterocycles. The van der Waals surface area contributed by atoms with Crippen LogP contribution < -0.4 is 5.32 Å². The van der Waals surface area contributed by atoms with E-state index in [1.807, 2.05) is 30.3 Å². The van der Waals surface area contributed by atoms with Crippen molar-refractivity contribution in [3.8, 4) is 11.3 Å². The van der Waals surface area contributed by atoms with Crippen molar-refractivity contribution in [1.82, 2.24) is 19.9 Å². The van der Waals surface area contributed by atoms with Crippen molar-refractivity contribution < 1.29 is 13.6 Å². The number of nitrogens with zero attached hydrogens (tertiary/aromatic N) is 3. The molecule has 2 aromatic heterocycles. The Hall–Kier alpha value is -2.83. The molecule has 0 spiro atoms. The first-order chi connectivity index (χ1) is 15.5. The molecule has 1 N–H and O–H groups in total. The van der Waals surface area contributed by atoms with E-state index in [1.165, 1.54) is 50.8 Å². The Morgan fingerprint density at radius 3 is 2.38 bits per heavy atom. The van der Waals surface area contributed by atoms with Gasteiger partial charge in [-0.3, -0.25) is 4.79 Å². The van der Waals surface area contributed by atoms with Crippen LogP contribution in [0.25, 0.3) is 16.9 Å². The Bertz CT molecular complexity index is 1140. The lowest BCUT2D eigenvalue weighted by molar-refractivity contribution is -0.0503. The lowest BCUT2D eigenvalue weighted by Crippen LogP contribution is -2.51. The highest BCUT2D eigenvalue weighted by Crippen LogP contribution is 2.59. The molecular formula is C25H26F2N4O. The Labute approximate surface area is 185 Å². The molecule has 166 valence electrons. The smallest absolute Gasteiger partial charge is 0.280 e. The van der Waals surface area contributed by atoms with Gasteiger partial charge in [-0.25, -0.2) is 18.3 Å². The number of halogens is 2. The summed E-state index contributed by atoms with van der Waals surface area (Å²) in [6, 6.07) is 10.5. The maximum atomic E-state index is 13.8. The summed E-state index contributed by atoms with van der Waals surface area (Å²) in [5.41, 5.74) is 1.47. The van der Waals surface area contributed by atoms with Gasteiger partial charge in [-0.15, -0.1) is 0 Å². The molecule has 4 aliphatic carbocycles. The molecule has 3 aromatic rings. The zero-order chi connectivity index (χ0) is 21.9. The SMILES string of the molecule is O=C(NCC12CC3CC(CC(C3)C1)C2)c1cnn2c(C(F)F)cc(-c3ccccc3)nc12. The number of rotatable bonds is 5. The molecule has 7 rings (SSSR count). The van der Waals surface area contributed by atoms with E-state index >= 15 is 0 Å². The number of hydrogen-bond acceptors (Lipinski definition) is 3. The summed E-state index contributed by atoms with van der Waals surface area (Å²) in [5.74, 6) is 2.13. The third kappa shape index (κ3) is 3.29. The molecule has 1 amide bonds. The molecule has 5 nitrogen and oxygen atoms in total. The summed E-state index contributed by atoms with van der Waals surface area (Å²) >= 11 is 0. The van der Waals surface area contributed by atoms with Gasteiger partial charge in [-0.1, -0.05) is 30.3 Å². The Kier molecular flexibility index (Phi) is 4.56. The first-order valence-electron chi connectivity index (χ1n) is 11.5. The van der Waals surface area contributed by atoms with Gasteiger partial charge in [0.1, 0.15) is 11.3 Å². The number of nitrogens with one attached hydrogen (secondary N) is 1. The van der Waals surface area contributed by atoms with Gasteiger partial charge in [0.25, 0.3) is 12.3 Å². The zero-order valence-electron chi connectivity index (χ0n) is 17.8. The highest BCUT2D eigenvalue weighted by molar-refractivity contribution is 5.99. The van der Waals surface area contributed by atoms with E-state index in [0.29, 0.717) is 12.2 Å². The number of aromatic nitrogens is 3. The van der Waals surface area contributed by atoms with Crippen LogP contribution in [0.3, 0.4) is 0 Å². The second-order valence-corrected chi connectivity index (χ2v) is 10.1. The van der Waals surface area contributed by atoms with Crippen LogP contribution >= 0.6 is 0 Å². The van der Waals surface area contributed by atoms with Crippen LogP contribution in [0, 0.1) is 23.2 Å². The maximum Gasteiger partial charge on any atom is 0.280 e. The van der Waals surface area contributed by atoms with Gasteiger partial charge >= 0.3 is 0 Å². The summed E-state index contributed by atoms with van der Waals surface area (Å²) in [4.78, 5) is 17.7. The third-order valence-electron chi connectivity index (χ3n) is 7.83. The van der Waals surface area contributed by atoms with Crippen molar-refractivity contribution in [2.24, 2.45) is 23.2 Å². The third-order valence-corrected chi connectivity index (χ3v) is 7.83. The summed E-state index contributed by atoms with van der Waals surface area (Å²) < 4.78 is 28.7.